The minimum Gasteiger partial charge on any atom is -0.374 e. The second-order valence-corrected chi connectivity index (χ2v) is 5.97. The first kappa shape index (κ1) is 20.8. The Morgan fingerprint density at radius 2 is 1.15 bits per heavy atom. The van der Waals surface area contributed by atoms with Gasteiger partial charge in [0.2, 0.25) is 5.60 Å². The number of rotatable bonds is 2. The third-order valence-electron chi connectivity index (χ3n) is 3.86. The maximum atomic E-state index is 13.4. The van der Waals surface area contributed by atoms with Crippen molar-refractivity contribution in [1.82, 2.24) is 0 Å². The molecule has 0 saturated carbocycles. The molecule has 27 heavy (non-hydrogen) atoms. The number of aliphatic hydroxyl groups is 2. The quantitative estimate of drug-likeness (QED) is 0.593. The van der Waals surface area contributed by atoms with Gasteiger partial charge in [-0.3, -0.25) is 0 Å². The molecule has 0 amide bonds. The van der Waals surface area contributed by atoms with Gasteiger partial charge >= 0.3 is 12.4 Å². The lowest BCUT2D eigenvalue weighted by molar-refractivity contribution is -0.240. The van der Waals surface area contributed by atoms with Gasteiger partial charge in [-0.05, 0) is 24.6 Å². The van der Waals surface area contributed by atoms with E-state index in [1.165, 1.54) is 18.2 Å². The molecule has 0 spiro atoms. The van der Waals surface area contributed by atoms with Crippen molar-refractivity contribution in [2.45, 2.75) is 30.5 Å². The van der Waals surface area contributed by atoms with Crippen LogP contribution >= 0.6 is 0 Å². The summed E-state index contributed by atoms with van der Waals surface area (Å²) in [4.78, 5) is 0. The first-order valence-electron chi connectivity index (χ1n) is 7.56. The summed E-state index contributed by atoms with van der Waals surface area (Å²) in [5.74, 6) is 3.58. The zero-order valence-electron chi connectivity index (χ0n) is 13.9. The predicted octanol–water partition coefficient (Wildman–Crippen LogP) is 4.37. The molecule has 2 atom stereocenters. The standard InChI is InChI=1S/C19H14F6O2/c1-16(26,13-7-9-15(10-8-13)18(20,21)22)11-12-17(27,19(23,24)25)14-5-3-2-4-6-14/h2-10,26-27H,1H3/t16-,17-/m1/s1. The largest absolute Gasteiger partial charge is 0.433 e. The zero-order chi connectivity index (χ0) is 20.5. The lowest BCUT2D eigenvalue weighted by Gasteiger charge is -2.26. The fourth-order valence-electron chi connectivity index (χ4n) is 2.25. The molecule has 2 rings (SSSR count). The van der Waals surface area contributed by atoms with Crippen molar-refractivity contribution in [3.63, 3.8) is 0 Å². The van der Waals surface area contributed by atoms with E-state index < -0.39 is 34.7 Å². The summed E-state index contributed by atoms with van der Waals surface area (Å²) < 4.78 is 78.0. The topological polar surface area (TPSA) is 40.5 Å². The van der Waals surface area contributed by atoms with Crippen LogP contribution in [-0.4, -0.2) is 16.4 Å². The lowest BCUT2D eigenvalue weighted by atomic mass is 9.90. The molecule has 2 N–H and O–H groups in total. The normalized spacial score (nSPS) is 16.6. The molecule has 8 heteroatoms. The number of halogens is 6. The van der Waals surface area contributed by atoms with Crippen molar-refractivity contribution in [2.75, 3.05) is 0 Å². The molecular formula is C19H14F6O2. The van der Waals surface area contributed by atoms with Crippen LogP contribution in [-0.2, 0) is 17.4 Å². The Hall–Kier alpha value is -2.50. The van der Waals surface area contributed by atoms with Gasteiger partial charge in [-0.1, -0.05) is 54.3 Å². The van der Waals surface area contributed by atoms with Crippen molar-refractivity contribution in [3.05, 3.63) is 71.3 Å². The Kier molecular flexibility index (Phi) is 5.32. The maximum absolute atomic E-state index is 13.4. The molecule has 0 aliphatic carbocycles. The summed E-state index contributed by atoms with van der Waals surface area (Å²) in [6.07, 6.45) is -9.77. The van der Waals surface area contributed by atoms with Crippen LogP contribution in [0.1, 0.15) is 23.6 Å². The SMILES string of the molecule is C[C@@](O)(C#C[C@@](O)(c1ccccc1)C(F)(F)F)c1ccc(C(F)(F)F)cc1. The van der Waals surface area contributed by atoms with Crippen LogP contribution in [0.2, 0.25) is 0 Å². The summed E-state index contributed by atoms with van der Waals surface area (Å²) in [5, 5.41) is 20.4. The third-order valence-corrected chi connectivity index (χ3v) is 3.86. The molecule has 2 aromatic carbocycles. The Labute approximate surface area is 151 Å². The lowest BCUT2D eigenvalue weighted by Crippen LogP contribution is -2.41. The molecule has 0 heterocycles. The molecule has 0 radical (unpaired) electrons. The second kappa shape index (κ2) is 6.91. The van der Waals surface area contributed by atoms with Crippen molar-refractivity contribution >= 4 is 0 Å². The molecular weight excluding hydrogens is 374 g/mol. The Morgan fingerprint density at radius 3 is 1.59 bits per heavy atom. The smallest absolute Gasteiger partial charge is 0.374 e. The van der Waals surface area contributed by atoms with Gasteiger partial charge in [0.1, 0.15) is 5.60 Å². The summed E-state index contributed by atoms with van der Waals surface area (Å²) in [5.41, 5.74) is -7.46. The average molecular weight is 388 g/mol. The van der Waals surface area contributed by atoms with E-state index in [0.717, 1.165) is 31.2 Å². The van der Waals surface area contributed by atoms with E-state index in [4.69, 9.17) is 0 Å². The molecule has 2 aromatic rings. The van der Waals surface area contributed by atoms with Gasteiger partial charge < -0.3 is 10.2 Å². The van der Waals surface area contributed by atoms with Crippen LogP contribution in [0, 0.1) is 11.8 Å². The molecule has 0 saturated heterocycles. The summed E-state index contributed by atoms with van der Waals surface area (Å²) in [6, 6.07) is 9.23. The van der Waals surface area contributed by atoms with Crippen LogP contribution in [0.15, 0.2) is 54.6 Å². The molecule has 0 aromatic heterocycles. The first-order chi connectivity index (χ1) is 12.3. The van der Waals surface area contributed by atoms with Crippen molar-refractivity contribution < 1.29 is 36.6 Å². The molecule has 0 unspecified atom stereocenters. The van der Waals surface area contributed by atoms with E-state index in [9.17, 15) is 36.6 Å². The summed E-state index contributed by atoms with van der Waals surface area (Å²) >= 11 is 0. The van der Waals surface area contributed by atoms with Crippen molar-refractivity contribution in [3.8, 4) is 11.8 Å². The van der Waals surface area contributed by atoms with Gasteiger partial charge in [-0.15, -0.1) is 0 Å². The van der Waals surface area contributed by atoms with Crippen molar-refractivity contribution in [2.24, 2.45) is 0 Å². The zero-order valence-corrected chi connectivity index (χ0v) is 13.9. The van der Waals surface area contributed by atoms with Gasteiger partial charge in [-0.25, -0.2) is 0 Å². The first-order valence-corrected chi connectivity index (χ1v) is 7.56. The van der Waals surface area contributed by atoms with E-state index in [1.54, 1.807) is 5.92 Å². The van der Waals surface area contributed by atoms with Crippen LogP contribution in [0.25, 0.3) is 0 Å². The van der Waals surface area contributed by atoms with E-state index in [0.29, 0.717) is 12.1 Å². The highest BCUT2D eigenvalue weighted by molar-refractivity contribution is 5.39. The monoisotopic (exact) mass is 388 g/mol. The highest BCUT2D eigenvalue weighted by Gasteiger charge is 2.54. The minimum absolute atomic E-state index is 0.152. The van der Waals surface area contributed by atoms with Gasteiger partial charge in [0.25, 0.3) is 0 Å². The van der Waals surface area contributed by atoms with Gasteiger partial charge in [0, 0.05) is 5.56 Å². The molecule has 144 valence electrons. The minimum atomic E-state index is -5.17. The van der Waals surface area contributed by atoms with E-state index in [2.05, 4.69) is 0 Å². The fraction of sp³-hybridized carbons (Fsp3) is 0.263. The highest BCUT2D eigenvalue weighted by Crippen LogP contribution is 2.39. The number of alkyl halides is 6. The van der Waals surface area contributed by atoms with E-state index >= 15 is 0 Å². The number of benzene rings is 2. The van der Waals surface area contributed by atoms with Crippen molar-refractivity contribution in [1.29, 1.82) is 0 Å². The molecule has 2 nitrogen and oxygen atoms in total. The molecule has 0 fully saturated rings. The number of hydrogen-bond acceptors (Lipinski definition) is 2. The average Bonchev–Trinajstić information content (AvgIpc) is 2.59. The molecule has 0 bridgehead atoms. The fourth-order valence-corrected chi connectivity index (χ4v) is 2.25. The Balaban J connectivity index is 2.45. The summed E-state index contributed by atoms with van der Waals surface area (Å²) in [6.45, 7) is 1.02. The van der Waals surface area contributed by atoms with Gasteiger partial charge in [0.05, 0.1) is 5.56 Å². The van der Waals surface area contributed by atoms with Gasteiger partial charge in [0.15, 0.2) is 0 Å². The van der Waals surface area contributed by atoms with Crippen LogP contribution in [0.3, 0.4) is 0 Å². The Bertz CT molecular complexity index is 842. The molecule has 0 aliphatic rings. The number of hydrogen-bond donors (Lipinski definition) is 2. The van der Waals surface area contributed by atoms with Gasteiger partial charge in [-0.2, -0.15) is 26.3 Å². The van der Waals surface area contributed by atoms with Crippen LogP contribution in [0.4, 0.5) is 26.3 Å². The van der Waals surface area contributed by atoms with E-state index in [-0.39, 0.29) is 5.56 Å². The highest BCUT2D eigenvalue weighted by atomic mass is 19.4. The van der Waals surface area contributed by atoms with Crippen LogP contribution < -0.4 is 0 Å². The third kappa shape index (κ3) is 4.43. The molecule has 0 aliphatic heterocycles. The summed E-state index contributed by atoms with van der Waals surface area (Å²) in [7, 11) is 0. The second-order valence-electron chi connectivity index (χ2n) is 5.97. The predicted molar refractivity (Wildman–Crippen MR) is 85.2 cm³/mol. The Morgan fingerprint density at radius 1 is 0.667 bits per heavy atom. The van der Waals surface area contributed by atoms with E-state index in [1.807, 2.05) is 5.92 Å². The van der Waals surface area contributed by atoms with Crippen LogP contribution in [0.5, 0.6) is 0 Å². The maximum Gasteiger partial charge on any atom is 0.433 e.